The van der Waals surface area contributed by atoms with E-state index in [2.05, 4.69) is 29.2 Å². The molecule has 0 aromatic heterocycles. The van der Waals surface area contributed by atoms with Crippen LogP contribution in [0.1, 0.15) is 49.7 Å². The fourth-order valence-electron chi connectivity index (χ4n) is 4.93. The normalized spacial score (nSPS) is 28.8. The maximum absolute atomic E-state index is 13.1. The molecule has 1 aromatic rings. The van der Waals surface area contributed by atoms with Crippen LogP contribution in [0.2, 0.25) is 0 Å². The predicted molar refractivity (Wildman–Crippen MR) is 96.4 cm³/mol. The number of fused-ring (bicyclic) bond motifs is 2. The highest BCUT2D eigenvalue weighted by molar-refractivity contribution is 5.85. The number of rotatable bonds is 5. The van der Waals surface area contributed by atoms with Gasteiger partial charge in [0.25, 0.3) is 0 Å². The van der Waals surface area contributed by atoms with Gasteiger partial charge in [0.05, 0.1) is 6.10 Å². The van der Waals surface area contributed by atoms with Crippen molar-refractivity contribution in [3.8, 4) is 0 Å². The number of hydrogen-bond acceptors (Lipinski definition) is 3. The van der Waals surface area contributed by atoms with E-state index in [1.807, 2.05) is 0 Å². The molecule has 0 radical (unpaired) electrons. The highest BCUT2D eigenvalue weighted by Crippen LogP contribution is 2.60. The minimum Gasteiger partial charge on any atom is -0.396 e. The van der Waals surface area contributed by atoms with E-state index in [0.717, 1.165) is 38.8 Å². The summed E-state index contributed by atoms with van der Waals surface area (Å²) in [5.41, 5.74) is 3.04. The van der Waals surface area contributed by atoms with E-state index in [1.54, 1.807) is 0 Å². The Labute approximate surface area is 150 Å². The number of hydrogen-bond donors (Lipinski definition) is 1. The smallest absolute Gasteiger partial charge is 0.226 e. The Balaban J connectivity index is 1.35. The molecule has 2 fully saturated rings. The molecule has 4 rings (SSSR count). The van der Waals surface area contributed by atoms with Gasteiger partial charge >= 0.3 is 0 Å². The quantitative estimate of drug-likeness (QED) is 0.836. The summed E-state index contributed by atoms with van der Waals surface area (Å²) in [6, 6.07) is 8.74. The van der Waals surface area contributed by atoms with Gasteiger partial charge in [-0.3, -0.25) is 4.79 Å². The molecule has 2 aliphatic carbocycles. The highest BCUT2D eigenvalue weighted by atomic mass is 16.5. The molecule has 1 heterocycles. The first-order chi connectivity index (χ1) is 12.2. The number of aryl methyl sites for hydroxylation is 1. The Morgan fingerprint density at radius 2 is 2.08 bits per heavy atom. The molecule has 2 atom stereocenters. The van der Waals surface area contributed by atoms with E-state index in [4.69, 9.17) is 9.84 Å². The lowest BCUT2D eigenvalue weighted by Gasteiger charge is -2.33. The third kappa shape index (κ3) is 3.22. The fraction of sp³-hybridized carbons (Fsp3) is 0.667. The molecule has 25 heavy (non-hydrogen) atoms. The number of piperidine rings is 1. The molecule has 1 saturated heterocycles. The molecular formula is C21H29NO3. The summed E-state index contributed by atoms with van der Waals surface area (Å²) >= 11 is 0. The zero-order chi connectivity index (χ0) is 17.3. The Hall–Kier alpha value is -1.39. The number of carbonyl (C=O) groups is 1. The number of carbonyl (C=O) groups excluding carboxylic acids is 1. The van der Waals surface area contributed by atoms with Crippen LogP contribution >= 0.6 is 0 Å². The van der Waals surface area contributed by atoms with E-state index >= 15 is 0 Å². The Morgan fingerprint density at radius 3 is 2.88 bits per heavy atom. The van der Waals surface area contributed by atoms with Crippen LogP contribution in [-0.4, -0.2) is 48.3 Å². The molecule has 4 heteroatoms. The number of nitrogens with zero attached hydrogens (tertiary/aromatic N) is 1. The van der Waals surface area contributed by atoms with E-state index in [1.165, 1.54) is 24.0 Å². The Morgan fingerprint density at radius 1 is 1.28 bits per heavy atom. The van der Waals surface area contributed by atoms with Gasteiger partial charge in [-0.15, -0.1) is 0 Å². The van der Waals surface area contributed by atoms with Crippen molar-refractivity contribution >= 4 is 5.91 Å². The second-order valence-corrected chi connectivity index (χ2v) is 7.90. The summed E-state index contributed by atoms with van der Waals surface area (Å²) in [5, 5.41) is 8.84. The maximum atomic E-state index is 13.1. The van der Waals surface area contributed by atoms with Crippen molar-refractivity contribution in [2.45, 2.75) is 56.5 Å². The number of likely N-dealkylation sites (tertiary alicyclic amines) is 1. The summed E-state index contributed by atoms with van der Waals surface area (Å²) in [7, 11) is 0. The predicted octanol–water partition coefficient (Wildman–Crippen LogP) is 2.67. The van der Waals surface area contributed by atoms with Crippen LogP contribution in [0.5, 0.6) is 0 Å². The van der Waals surface area contributed by atoms with E-state index < -0.39 is 0 Å². The molecule has 0 bridgehead atoms. The zero-order valence-electron chi connectivity index (χ0n) is 15.0. The lowest BCUT2D eigenvalue weighted by Crippen LogP contribution is -2.42. The number of amides is 1. The minimum atomic E-state index is 0.139. The summed E-state index contributed by atoms with van der Waals surface area (Å²) in [4.78, 5) is 15.1. The topological polar surface area (TPSA) is 49.8 Å². The van der Waals surface area contributed by atoms with Crippen molar-refractivity contribution in [1.82, 2.24) is 4.90 Å². The number of aliphatic hydroxyl groups excluding tert-OH is 1. The van der Waals surface area contributed by atoms with Crippen LogP contribution in [0.25, 0.3) is 0 Å². The molecule has 1 saturated carbocycles. The number of ether oxygens (including phenoxy) is 1. The number of aliphatic hydroxyl groups is 1. The Kier molecular flexibility index (Phi) is 4.83. The van der Waals surface area contributed by atoms with Gasteiger partial charge in [0.2, 0.25) is 5.91 Å². The maximum Gasteiger partial charge on any atom is 0.226 e. The summed E-state index contributed by atoms with van der Waals surface area (Å²) in [5.74, 6) is 0.561. The Bertz CT molecular complexity index is 623. The molecule has 1 N–H and O–H groups in total. The third-order valence-electron chi connectivity index (χ3n) is 6.41. The van der Waals surface area contributed by atoms with Crippen molar-refractivity contribution in [2.24, 2.45) is 5.92 Å². The molecule has 1 amide bonds. The van der Waals surface area contributed by atoms with Crippen LogP contribution < -0.4 is 0 Å². The van der Waals surface area contributed by atoms with Crippen LogP contribution in [0.3, 0.4) is 0 Å². The minimum absolute atomic E-state index is 0.139. The summed E-state index contributed by atoms with van der Waals surface area (Å²) in [6.07, 6.45) is 7.37. The first-order valence-electron chi connectivity index (χ1n) is 9.84. The molecule has 1 aliphatic heterocycles. The average Bonchev–Trinajstić information content (AvgIpc) is 3.37. The van der Waals surface area contributed by atoms with Gasteiger partial charge in [-0.2, -0.15) is 0 Å². The first kappa shape index (κ1) is 17.0. The lowest BCUT2D eigenvalue weighted by molar-refractivity contribution is -0.135. The second-order valence-electron chi connectivity index (χ2n) is 7.90. The molecule has 2 unspecified atom stereocenters. The van der Waals surface area contributed by atoms with Gasteiger partial charge in [0, 0.05) is 37.6 Å². The SMILES string of the molecule is O=C(C1CC12CCCc1ccccc12)N1CCC(OCCCO)CC1. The molecule has 136 valence electrons. The summed E-state index contributed by atoms with van der Waals surface area (Å²) in [6.45, 7) is 2.44. The van der Waals surface area contributed by atoms with Crippen molar-refractivity contribution < 1.29 is 14.6 Å². The van der Waals surface area contributed by atoms with E-state index in [0.29, 0.717) is 18.9 Å². The van der Waals surface area contributed by atoms with Crippen LogP contribution in [0.4, 0.5) is 0 Å². The molecule has 1 aromatic carbocycles. The monoisotopic (exact) mass is 343 g/mol. The lowest BCUT2D eigenvalue weighted by atomic mass is 9.78. The third-order valence-corrected chi connectivity index (χ3v) is 6.41. The standard InChI is InChI=1S/C21H29NO3/c23-13-4-14-25-17-8-11-22(12-9-17)20(24)19-15-21(19)10-3-6-16-5-1-2-7-18(16)21/h1-2,5,7,17,19,23H,3-4,6,8-15H2. The molecule has 3 aliphatic rings. The van der Waals surface area contributed by atoms with Crippen molar-refractivity contribution in [1.29, 1.82) is 0 Å². The van der Waals surface area contributed by atoms with Crippen LogP contribution in [0.15, 0.2) is 24.3 Å². The largest absolute Gasteiger partial charge is 0.396 e. The van der Waals surface area contributed by atoms with Crippen LogP contribution in [0, 0.1) is 5.92 Å². The zero-order valence-corrected chi connectivity index (χ0v) is 15.0. The first-order valence-corrected chi connectivity index (χ1v) is 9.84. The van der Waals surface area contributed by atoms with Gasteiger partial charge in [-0.05, 0) is 56.1 Å². The van der Waals surface area contributed by atoms with E-state index in [9.17, 15) is 4.79 Å². The van der Waals surface area contributed by atoms with Crippen molar-refractivity contribution in [2.75, 3.05) is 26.3 Å². The average molecular weight is 343 g/mol. The van der Waals surface area contributed by atoms with Gasteiger partial charge in [-0.1, -0.05) is 24.3 Å². The molecular weight excluding hydrogens is 314 g/mol. The second kappa shape index (κ2) is 7.08. The fourth-order valence-corrected chi connectivity index (χ4v) is 4.93. The van der Waals surface area contributed by atoms with Gasteiger partial charge < -0.3 is 14.7 Å². The molecule has 4 nitrogen and oxygen atoms in total. The highest BCUT2D eigenvalue weighted by Gasteiger charge is 2.60. The van der Waals surface area contributed by atoms with Gasteiger partial charge in [0.1, 0.15) is 0 Å². The van der Waals surface area contributed by atoms with Gasteiger partial charge in [-0.25, -0.2) is 0 Å². The van der Waals surface area contributed by atoms with Crippen molar-refractivity contribution in [3.05, 3.63) is 35.4 Å². The van der Waals surface area contributed by atoms with Crippen LogP contribution in [-0.2, 0) is 21.4 Å². The molecule has 1 spiro atoms. The van der Waals surface area contributed by atoms with Crippen molar-refractivity contribution in [3.63, 3.8) is 0 Å². The summed E-state index contributed by atoms with van der Waals surface area (Å²) < 4.78 is 5.79. The van der Waals surface area contributed by atoms with E-state index in [-0.39, 0.29) is 24.0 Å². The number of benzene rings is 1. The van der Waals surface area contributed by atoms with Gasteiger partial charge in [0.15, 0.2) is 0 Å².